The summed E-state index contributed by atoms with van der Waals surface area (Å²) < 4.78 is 51.5. The maximum absolute atomic E-state index is 12.1. The third kappa shape index (κ3) is 6.36. The van der Waals surface area contributed by atoms with Gasteiger partial charge in [0.15, 0.2) is 18.1 Å². The van der Waals surface area contributed by atoms with Gasteiger partial charge in [-0.15, -0.1) is 0 Å². The van der Waals surface area contributed by atoms with Gasteiger partial charge in [-0.05, 0) is 30.7 Å². The van der Waals surface area contributed by atoms with E-state index in [9.17, 15) is 18.0 Å². The fourth-order valence-electron chi connectivity index (χ4n) is 2.14. The van der Waals surface area contributed by atoms with E-state index >= 15 is 0 Å². The van der Waals surface area contributed by atoms with Gasteiger partial charge in [0.05, 0.1) is 19.3 Å². The van der Waals surface area contributed by atoms with Gasteiger partial charge in [-0.1, -0.05) is 6.07 Å². The van der Waals surface area contributed by atoms with Crippen LogP contribution in [0.1, 0.15) is 22.8 Å². The Balaban J connectivity index is 1.93. The molecule has 0 spiro atoms. The first-order valence-corrected chi connectivity index (χ1v) is 8.06. The fourth-order valence-corrected chi connectivity index (χ4v) is 2.14. The summed E-state index contributed by atoms with van der Waals surface area (Å²) in [7, 11) is 1.52. The number of alkyl halides is 3. The van der Waals surface area contributed by atoms with Crippen molar-refractivity contribution in [3.05, 3.63) is 47.7 Å². The number of carbonyl (C=O) groups is 1. The third-order valence-corrected chi connectivity index (χ3v) is 3.36. The first kappa shape index (κ1) is 20.3. The Bertz CT molecular complexity index is 764. The van der Waals surface area contributed by atoms with Crippen LogP contribution in [0.3, 0.4) is 0 Å². The number of hydrogen-bond acceptors (Lipinski definition) is 5. The van der Waals surface area contributed by atoms with E-state index in [1.54, 1.807) is 18.2 Å². The van der Waals surface area contributed by atoms with Gasteiger partial charge in [-0.25, -0.2) is 4.98 Å². The Morgan fingerprint density at radius 3 is 2.52 bits per heavy atom. The second-order valence-electron chi connectivity index (χ2n) is 5.39. The normalized spacial score (nSPS) is 11.0. The molecule has 146 valence electrons. The highest BCUT2D eigenvalue weighted by Crippen LogP contribution is 2.28. The molecule has 1 aromatic heterocycles. The molecule has 2 rings (SSSR count). The summed E-state index contributed by atoms with van der Waals surface area (Å²) in [5.74, 6) is 0.531. The van der Waals surface area contributed by atoms with Gasteiger partial charge in [0.1, 0.15) is 0 Å². The Kier molecular flexibility index (Phi) is 6.86. The lowest BCUT2D eigenvalue weighted by Crippen LogP contribution is -2.23. The van der Waals surface area contributed by atoms with Crippen LogP contribution in [0, 0.1) is 0 Å². The van der Waals surface area contributed by atoms with E-state index in [-0.39, 0.29) is 18.0 Å². The predicted octanol–water partition coefficient (Wildman–Crippen LogP) is 3.36. The van der Waals surface area contributed by atoms with Crippen molar-refractivity contribution in [2.24, 2.45) is 0 Å². The largest absolute Gasteiger partial charge is 0.493 e. The van der Waals surface area contributed by atoms with Gasteiger partial charge in [0, 0.05) is 18.8 Å². The van der Waals surface area contributed by atoms with Gasteiger partial charge in [-0.2, -0.15) is 13.2 Å². The lowest BCUT2D eigenvalue weighted by molar-refractivity contribution is -0.154. The zero-order valence-corrected chi connectivity index (χ0v) is 14.8. The number of ether oxygens (including phenoxy) is 3. The molecule has 0 aliphatic heterocycles. The second-order valence-corrected chi connectivity index (χ2v) is 5.39. The minimum Gasteiger partial charge on any atom is -0.493 e. The minimum absolute atomic E-state index is 0.201. The second kappa shape index (κ2) is 9.11. The fraction of sp³-hybridized carbons (Fsp3) is 0.333. The predicted molar refractivity (Wildman–Crippen MR) is 91.1 cm³/mol. The smallest absolute Gasteiger partial charge is 0.422 e. The van der Waals surface area contributed by atoms with Crippen LogP contribution in [0.25, 0.3) is 0 Å². The summed E-state index contributed by atoms with van der Waals surface area (Å²) in [5, 5.41) is 2.70. The molecule has 1 amide bonds. The molecule has 9 heteroatoms. The summed E-state index contributed by atoms with van der Waals surface area (Å²) in [6, 6.07) is 7.84. The van der Waals surface area contributed by atoms with Crippen molar-refractivity contribution in [2.75, 3.05) is 20.3 Å². The van der Waals surface area contributed by atoms with Crippen molar-refractivity contribution in [3.8, 4) is 17.4 Å². The lowest BCUT2D eigenvalue weighted by Gasteiger charge is -2.12. The number of aromatic nitrogens is 1. The molecular formula is C18H19F3N2O4. The Hall–Kier alpha value is -2.97. The number of benzene rings is 1. The van der Waals surface area contributed by atoms with E-state index in [0.717, 1.165) is 11.8 Å². The average Bonchev–Trinajstić information content (AvgIpc) is 2.65. The minimum atomic E-state index is -4.45. The van der Waals surface area contributed by atoms with E-state index in [0.29, 0.717) is 18.1 Å². The molecule has 1 aromatic carbocycles. The average molecular weight is 384 g/mol. The number of hydrogen-bond donors (Lipinski definition) is 1. The first-order valence-electron chi connectivity index (χ1n) is 8.06. The molecule has 0 aliphatic rings. The SMILES string of the molecule is CCOc1ccc(CNC(=O)c2ccc(OCC(F)(F)F)nc2)cc1OC. The molecule has 0 unspecified atom stereocenters. The molecule has 0 aliphatic carbocycles. The topological polar surface area (TPSA) is 69.7 Å². The molecule has 0 saturated carbocycles. The van der Waals surface area contributed by atoms with Crippen molar-refractivity contribution in [2.45, 2.75) is 19.6 Å². The van der Waals surface area contributed by atoms with Crippen molar-refractivity contribution in [3.63, 3.8) is 0 Å². The van der Waals surface area contributed by atoms with Crippen LogP contribution >= 0.6 is 0 Å². The third-order valence-electron chi connectivity index (χ3n) is 3.36. The molecule has 0 saturated heterocycles. The van der Waals surface area contributed by atoms with Gasteiger partial charge in [-0.3, -0.25) is 4.79 Å². The van der Waals surface area contributed by atoms with Crippen LogP contribution in [-0.4, -0.2) is 37.4 Å². The van der Waals surface area contributed by atoms with Crippen LogP contribution in [0.2, 0.25) is 0 Å². The quantitative estimate of drug-likeness (QED) is 0.756. The molecule has 0 fully saturated rings. The van der Waals surface area contributed by atoms with Crippen molar-refractivity contribution in [1.29, 1.82) is 0 Å². The van der Waals surface area contributed by atoms with Gasteiger partial charge >= 0.3 is 6.18 Å². The van der Waals surface area contributed by atoms with Crippen molar-refractivity contribution < 1.29 is 32.2 Å². The summed E-state index contributed by atoms with van der Waals surface area (Å²) in [4.78, 5) is 15.8. The number of nitrogens with one attached hydrogen (secondary N) is 1. The highest BCUT2D eigenvalue weighted by Gasteiger charge is 2.28. The zero-order chi connectivity index (χ0) is 19.9. The highest BCUT2D eigenvalue weighted by atomic mass is 19.4. The molecule has 0 atom stereocenters. The highest BCUT2D eigenvalue weighted by molar-refractivity contribution is 5.93. The number of carbonyl (C=O) groups excluding carboxylic acids is 1. The summed E-state index contributed by atoms with van der Waals surface area (Å²) >= 11 is 0. The van der Waals surface area contributed by atoms with Crippen LogP contribution in [0.15, 0.2) is 36.5 Å². The molecular weight excluding hydrogens is 365 g/mol. The van der Waals surface area contributed by atoms with E-state index in [1.165, 1.54) is 19.2 Å². The summed E-state index contributed by atoms with van der Waals surface area (Å²) in [6.07, 6.45) is -3.30. The molecule has 27 heavy (non-hydrogen) atoms. The molecule has 2 aromatic rings. The van der Waals surface area contributed by atoms with Crippen LogP contribution in [-0.2, 0) is 6.54 Å². The molecule has 6 nitrogen and oxygen atoms in total. The Labute approximate surface area is 154 Å². The van der Waals surface area contributed by atoms with Crippen LogP contribution in [0.4, 0.5) is 13.2 Å². The van der Waals surface area contributed by atoms with Gasteiger partial charge in [0.2, 0.25) is 5.88 Å². The number of rotatable bonds is 8. The maximum Gasteiger partial charge on any atom is 0.422 e. The number of pyridine rings is 1. The van der Waals surface area contributed by atoms with Crippen molar-refractivity contribution in [1.82, 2.24) is 10.3 Å². The summed E-state index contributed by atoms with van der Waals surface area (Å²) in [6.45, 7) is 1.15. The lowest BCUT2D eigenvalue weighted by atomic mass is 10.2. The van der Waals surface area contributed by atoms with Crippen molar-refractivity contribution >= 4 is 5.91 Å². The molecule has 0 radical (unpaired) electrons. The van der Waals surface area contributed by atoms with E-state index < -0.39 is 18.7 Å². The first-order chi connectivity index (χ1) is 12.8. The van der Waals surface area contributed by atoms with E-state index in [2.05, 4.69) is 15.0 Å². The number of amides is 1. The van der Waals surface area contributed by atoms with Crippen LogP contribution < -0.4 is 19.5 Å². The number of nitrogens with zero attached hydrogens (tertiary/aromatic N) is 1. The number of methoxy groups -OCH3 is 1. The Morgan fingerprint density at radius 1 is 1.15 bits per heavy atom. The maximum atomic E-state index is 12.1. The monoisotopic (exact) mass is 384 g/mol. The van der Waals surface area contributed by atoms with Gasteiger partial charge < -0.3 is 19.5 Å². The summed E-state index contributed by atoms with van der Waals surface area (Å²) in [5.41, 5.74) is 0.994. The Morgan fingerprint density at radius 2 is 1.93 bits per heavy atom. The molecule has 1 heterocycles. The van der Waals surface area contributed by atoms with E-state index in [1.807, 2.05) is 6.92 Å². The molecule has 0 bridgehead atoms. The zero-order valence-electron chi connectivity index (χ0n) is 14.8. The van der Waals surface area contributed by atoms with Gasteiger partial charge in [0.25, 0.3) is 5.91 Å². The van der Waals surface area contributed by atoms with E-state index in [4.69, 9.17) is 9.47 Å². The standard InChI is InChI=1S/C18H19F3N2O4/c1-3-26-14-6-4-12(8-15(14)25-2)9-23-17(24)13-5-7-16(22-10-13)27-11-18(19,20)21/h4-8,10H,3,9,11H2,1-2H3,(H,23,24). The number of halogens is 3. The molecule has 1 N–H and O–H groups in total. The van der Waals surface area contributed by atoms with Crippen LogP contribution in [0.5, 0.6) is 17.4 Å².